The summed E-state index contributed by atoms with van der Waals surface area (Å²) < 4.78 is 81.4. The third kappa shape index (κ3) is 9.52. The van der Waals surface area contributed by atoms with E-state index in [-0.39, 0.29) is 41.8 Å². The van der Waals surface area contributed by atoms with Crippen molar-refractivity contribution < 1.29 is 54.3 Å². The van der Waals surface area contributed by atoms with Crippen LogP contribution in [0.1, 0.15) is 25.2 Å². The van der Waals surface area contributed by atoms with Gasteiger partial charge in [-0.2, -0.15) is 21.6 Å². The average molecular weight is 526 g/mol. The van der Waals surface area contributed by atoms with E-state index in [1.807, 2.05) is 0 Å². The third-order valence-electron chi connectivity index (χ3n) is 3.60. The number of esters is 2. The fourth-order valence-electron chi connectivity index (χ4n) is 2.03. The fourth-order valence-corrected chi connectivity index (χ4v) is 2.49. The Labute approximate surface area is 197 Å². The largest absolute Gasteiger partial charge is 0.534 e. The van der Waals surface area contributed by atoms with Gasteiger partial charge in [-0.3, -0.25) is 19.4 Å². The monoisotopic (exact) mass is 526 g/mol. The van der Waals surface area contributed by atoms with Crippen molar-refractivity contribution in [3.8, 4) is 17.2 Å². The van der Waals surface area contributed by atoms with Crippen LogP contribution in [0.15, 0.2) is 29.3 Å². The van der Waals surface area contributed by atoms with Crippen LogP contribution in [-0.2, 0) is 42.4 Å². The summed E-state index contributed by atoms with van der Waals surface area (Å²) in [5, 5.41) is 0. The normalized spacial score (nSPS) is 10.9. The number of aromatic nitrogens is 2. The highest BCUT2D eigenvalue weighted by atomic mass is 32.2. The lowest BCUT2D eigenvalue weighted by molar-refractivity contribution is -0.143. The van der Waals surface area contributed by atoms with Crippen molar-refractivity contribution in [2.75, 3.05) is 14.2 Å². The van der Waals surface area contributed by atoms with Gasteiger partial charge < -0.3 is 28.1 Å². The van der Waals surface area contributed by atoms with Gasteiger partial charge in [-0.25, -0.2) is 0 Å². The molecule has 0 saturated carbocycles. The van der Waals surface area contributed by atoms with E-state index in [1.54, 1.807) is 0 Å². The van der Waals surface area contributed by atoms with Crippen LogP contribution in [0, 0.1) is 0 Å². The number of carbonyl (C=O) groups excluding carboxylic acids is 2. The van der Waals surface area contributed by atoms with Crippen LogP contribution in [0.25, 0.3) is 0 Å². The molecule has 0 saturated heterocycles. The molecular formula is C19H21F3N2O10S. The highest BCUT2D eigenvalue weighted by Crippen LogP contribution is 2.32. The Morgan fingerprint density at radius 3 is 2.03 bits per heavy atom. The highest BCUT2D eigenvalue weighted by molar-refractivity contribution is 7.88. The molecule has 0 bridgehead atoms. The molecule has 2 heterocycles. The van der Waals surface area contributed by atoms with Crippen LogP contribution in [0.3, 0.4) is 0 Å². The molecule has 2 aromatic rings. The van der Waals surface area contributed by atoms with E-state index in [2.05, 4.69) is 23.6 Å². The summed E-state index contributed by atoms with van der Waals surface area (Å²) in [4.78, 5) is 38.8. The Morgan fingerprint density at radius 1 is 0.971 bits per heavy atom. The van der Waals surface area contributed by atoms with Gasteiger partial charge in [-0.05, 0) is 0 Å². The van der Waals surface area contributed by atoms with Crippen LogP contribution in [-0.4, -0.2) is 50.1 Å². The summed E-state index contributed by atoms with van der Waals surface area (Å²) in [6.45, 7) is 2.13. The van der Waals surface area contributed by atoms with Gasteiger partial charge in [-0.1, -0.05) is 0 Å². The summed E-state index contributed by atoms with van der Waals surface area (Å²) >= 11 is 0. The molecule has 194 valence electrons. The molecule has 0 atom stereocenters. The fraction of sp³-hybridized carbons (Fsp3) is 0.368. The number of hydrogen-bond donors (Lipinski definition) is 1. The number of aromatic amines is 1. The van der Waals surface area contributed by atoms with Crippen molar-refractivity contribution in [2.45, 2.75) is 32.6 Å². The highest BCUT2D eigenvalue weighted by Gasteiger charge is 2.49. The first-order valence-corrected chi connectivity index (χ1v) is 10.7. The first-order chi connectivity index (χ1) is 16.2. The van der Waals surface area contributed by atoms with Crippen LogP contribution in [0.2, 0.25) is 0 Å². The van der Waals surface area contributed by atoms with E-state index in [1.165, 1.54) is 26.3 Å². The first kappa shape index (κ1) is 29.2. The third-order valence-corrected chi connectivity index (χ3v) is 4.57. The van der Waals surface area contributed by atoms with Crippen molar-refractivity contribution in [2.24, 2.45) is 0 Å². The molecule has 16 heteroatoms. The molecule has 0 aliphatic heterocycles. The summed E-state index contributed by atoms with van der Waals surface area (Å²) in [6.07, 6.45) is 2.38. The molecule has 2 aromatic heterocycles. The van der Waals surface area contributed by atoms with Gasteiger partial charge in [-0.15, -0.1) is 0 Å². The van der Waals surface area contributed by atoms with Crippen molar-refractivity contribution in [3.63, 3.8) is 0 Å². The minimum Gasteiger partial charge on any atom is -0.491 e. The summed E-state index contributed by atoms with van der Waals surface area (Å²) in [6, 6.07) is 2.20. The Balaban J connectivity index is 0.000000379. The molecule has 0 aromatic carbocycles. The van der Waals surface area contributed by atoms with E-state index in [4.69, 9.17) is 9.47 Å². The molecule has 0 amide bonds. The Morgan fingerprint density at radius 2 is 1.54 bits per heavy atom. The minimum atomic E-state index is -5.85. The lowest BCUT2D eigenvalue weighted by Crippen LogP contribution is -2.28. The van der Waals surface area contributed by atoms with E-state index in [9.17, 15) is 36.0 Å². The maximum Gasteiger partial charge on any atom is 0.534 e. The number of methoxy groups -OCH3 is 2. The second kappa shape index (κ2) is 12.6. The predicted molar refractivity (Wildman–Crippen MR) is 111 cm³/mol. The smallest absolute Gasteiger partial charge is 0.491 e. The zero-order valence-electron chi connectivity index (χ0n) is 18.8. The van der Waals surface area contributed by atoms with Gasteiger partial charge in [0.1, 0.15) is 13.2 Å². The van der Waals surface area contributed by atoms with Crippen LogP contribution in [0.4, 0.5) is 13.2 Å². The van der Waals surface area contributed by atoms with Gasteiger partial charge in [0.25, 0.3) is 0 Å². The van der Waals surface area contributed by atoms with Crippen LogP contribution >= 0.6 is 0 Å². The molecule has 12 nitrogen and oxygen atoms in total. The number of nitrogens with zero attached hydrogens (tertiary/aromatic N) is 1. The second-order valence-corrected chi connectivity index (χ2v) is 7.80. The second-order valence-electron chi connectivity index (χ2n) is 6.26. The van der Waals surface area contributed by atoms with Crippen LogP contribution in [0.5, 0.6) is 17.2 Å². The number of carbonyl (C=O) groups is 2. The first-order valence-electron chi connectivity index (χ1n) is 9.26. The molecular weight excluding hydrogens is 505 g/mol. The SMILES string of the molecule is COc1c[nH]c(COC(C)=O)cc1=O.COc1cnc(COC(C)=O)cc1OS(=O)(=O)C(F)(F)F. The van der Waals surface area contributed by atoms with Gasteiger partial charge >= 0.3 is 27.6 Å². The van der Waals surface area contributed by atoms with Gasteiger partial charge in [0.2, 0.25) is 5.43 Å². The lowest BCUT2D eigenvalue weighted by atomic mass is 10.3. The molecule has 0 aliphatic carbocycles. The Kier molecular flexibility index (Phi) is 10.5. The molecule has 35 heavy (non-hydrogen) atoms. The molecule has 2 rings (SSSR count). The summed E-state index contributed by atoms with van der Waals surface area (Å²) in [7, 11) is -3.34. The Hall–Kier alpha value is -3.82. The van der Waals surface area contributed by atoms with E-state index in [0.717, 1.165) is 26.3 Å². The number of pyridine rings is 2. The molecule has 0 fully saturated rings. The molecule has 0 unspecified atom stereocenters. The summed E-state index contributed by atoms with van der Waals surface area (Å²) in [5.74, 6) is -1.84. The standard InChI is InChI=1S/C10H10F3NO6S.C9H11NO4/c1-6(15)19-5-7-3-8(9(18-2)4-14-7)20-21(16,17)10(11,12)13;1-6(11)14-5-7-3-8(12)9(13-2)4-10-7/h3-4H,5H2,1-2H3;3-4H,5H2,1-2H3,(H,10,12). The maximum absolute atomic E-state index is 12.3. The quantitative estimate of drug-likeness (QED) is 0.304. The van der Waals surface area contributed by atoms with Gasteiger partial charge in [0.05, 0.1) is 31.8 Å². The number of halogens is 3. The molecule has 0 spiro atoms. The van der Waals surface area contributed by atoms with Crippen LogP contribution < -0.4 is 19.1 Å². The lowest BCUT2D eigenvalue weighted by Gasteiger charge is -2.13. The van der Waals surface area contributed by atoms with E-state index in [0.29, 0.717) is 5.69 Å². The van der Waals surface area contributed by atoms with Gasteiger partial charge in [0.15, 0.2) is 17.2 Å². The number of nitrogens with one attached hydrogen (secondary N) is 1. The topological polar surface area (TPSA) is 160 Å². The number of H-pyrrole nitrogens is 1. The number of ether oxygens (including phenoxy) is 4. The maximum atomic E-state index is 12.3. The Bertz CT molecular complexity index is 1200. The number of hydrogen-bond acceptors (Lipinski definition) is 11. The molecule has 0 radical (unpaired) electrons. The average Bonchev–Trinajstić information content (AvgIpc) is 2.76. The number of alkyl halides is 3. The molecule has 1 N–H and O–H groups in total. The predicted octanol–water partition coefficient (Wildman–Crippen LogP) is 1.83. The van der Waals surface area contributed by atoms with Crippen molar-refractivity contribution in [1.82, 2.24) is 9.97 Å². The zero-order valence-corrected chi connectivity index (χ0v) is 19.6. The van der Waals surface area contributed by atoms with Crippen molar-refractivity contribution in [1.29, 1.82) is 0 Å². The zero-order chi connectivity index (χ0) is 26.8. The summed E-state index contributed by atoms with van der Waals surface area (Å²) in [5.41, 5.74) is -5.31. The van der Waals surface area contributed by atoms with E-state index >= 15 is 0 Å². The van der Waals surface area contributed by atoms with Crippen molar-refractivity contribution in [3.05, 3.63) is 46.1 Å². The van der Waals surface area contributed by atoms with Crippen molar-refractivity contribution >= 4 is 22.1 Å². The van der Waals surface area contributed by atoms with E-state index < -0.39 is 27.3 Å². The molecule has 0 aliphatic rings. The van der Waals surface area contributed by atoms with Gasteiger partial charge in [0, 0.05) is 32.2 Å². The number of rotatable bonds is 8. The minimum absolute atomic E-state index is 0.0154.